The van der Waals surface area contributed by atoms with Gasteiger partial charge in [-0.15, -0.1) is 0 Å². The van der Waals surface area contributed by atoms with Gasteiger partial charge in [-0.3, -0.25) is 14.4 Å². The zero-order valence-corrected chi connectivity index (χ0v) is 12.9. The standard InChI is InChI=1S/C15H19FN2O5/c1-3-23-14(22)7-12(19)18-15(2,8-13(20)21)10-6-9(17)4-5-11(10)16/h4-6H,3,7-8,17H2,1-2H3,(H,18,19)(H,20,21). The number of rotatable bonds is 7. The number of carbonyl (C=O) groups is 3. The van der Waals surface area contributed by atoms with Gasteiger partial charge in [0.25, 0.3) is 0 Å². The summed E-state index contributed by atoms with van der Waals surface area (Å²) in [4.78, 5) is 34.4. The van der Waals surface area contributed by atoms with Gasteiger partial charge in [-0.25, -0.2) is 4.39 Å². The topological polar surface area (TPSA) is 119 Å². The van der Waals surface area contributed by atoms with Gasteiger partial charge in [0, 0.05) is 11.3 Å². The van der Waals surface area contributed by atoms with E-state index in [-0.39, 0.29) is 17.9 Å². The van der Waals surface area contributed by atoms with E-state index in [9.17, 15) is 18.8 Å². The summed E-state index contributed by atoms with van der Waals surface area (Å²) in [5.41, 5.74) is 4.19. The van der Waals surface area contributed by atoms with E-state index in [1.807, 2.05) is 0 Å². The van der Waals surface area contributed by atoms with Crippen LogP contribution in [0.25, 0.3) is 0 Å². The molecule has 0 radical (unpaired) electrons. The Morgan fingerprint density at radius 2 is 2.04 bits per heavy atom. The fourth-order valence-electron chi connectivity index (χ4n) is 2.17. The van der Waals surface area contributed by atoms with Crippen LogP contribution in [-0.2, 0) is 24.7 Å². The molecule has 0 heterocycles. The van der Waals surface area contributed by atoms with Crippen molar-refractivity contribution in [1.82, 2.24) is 5.32 Å². The third kappa shape index (κ3) is 5.24. The molecule has 1 atom stereocenters. The first-order chi connectivity index (χ1) is 10.7. The number of hydrogen-bond donors (Lipinski definition) is 3. The smallest absolute Gasteiger partial charge is 0.315 e. The molecular weight excluding hydrogens is 307 g/mol. The van der Waals surface area contributed by atoms with Crippen LogP contribution < -0.4 is 11.1 Å². The van der Waals surface area contributed by atoms with E-state index in [2.05, 4.69) is 10.1 Å². The number of carboxylic acids is 1. The molecule has 0 aliphatic heterocycles. The number of esters is 1. The SMILES string of the molecule is CCOC(=O)CC(=O)NC(C)(CC(=O)O)c1cc(N)ccc1F. The first-order valence-corrected chi connectivity index (χ1v) is 6.92. The summed E-state index contributed by atoms with van der Waals surface area (Å²) >= 11 is 0. The minimum Gasteiger partial charge on any atom is -0.481 e. The Kier molecular flexibility index (Phi) is 6.06. The van der Waals surface area contributed by atoms with Crippen LogP contribution >= 0.6 is 0 Å². The molecule has 126 valence electrons. The fourth-order valence-corrected chi connectivity index (χ4v) is 2.17. The maximum absolute atomic E-state index is 14.1. The van der Waals surface area contributed by atoms with E-state index in [1.165, 1.54) is 19.1 Å². The molecule has 1 aromatic rings. The minimum absolute atomic E-state index is 0.0721. The van der Waals surface area contributed by atoms with Crippen molar-refractivity contribution in [1.29, 1.82) is 0 Å². The number of carbonyl (C=O) groups excluding carboxylic acids is 2. The molecule has 0 bridgehead atoms. The number of aliphatic carboxylic acids is 1. The third-order valence-electron chi connectivity index (χ3n) is 3.12. The summed E-state index contributed by atoms with van der Waals surface area (Å²) in [5.74, 6) is -3.48. The number of carboxylic acid groups (broad SMARTS) is 1. The second-order valence-corrected chi connectivity index (χ2v) is 5.17. The summed E-state index contributed by atoms with van der Waals surface area (Å²) in [6, 6.07) is 3.66. The number of amides is 1. The molecule has 0 saturated heterocycles. The van der Waals surface area contributed by atoms with Gasteiger partial charge in [0.2, 0.25) is 5.91 Å². The van der Waals surface area contributed by atoms with Crippen LogP contribution in [0.3, 0.4) is 0 Å². The first-order valence-electron chi connectivity index (χ1n) is 6.92. The van der Waals surface area contributed by atoms with Crippen LogP contribution in [-0.4, -0.2) is 29.6 Å². The highest BCUT2D eigenvalue weighted by Crippen LogP contribution is 2.29. The van der Waals surface area contributed by atoms with Gasteiger partial charge in [-0.1, -0.05) is 0 Å². The van der Waals surface area contributed by atoms with Gasteiger partial charge in [-0.05, 0) is 32.0 Å². The Labute approximate surface area is 132 Å². The Hall–Kier alpha value is -2.64. The van der Waals surface area contributed by atoms with Crippen molar-refractivity contribution in [2.75, 3.05) is 12.3 Å². The Morgan fingerprint density at radius 3 is 2.61 bits per heavy atom. The number of hydrogen-bond acceptors (Lipinski definition) is 5. The van der Waals surface area contributed by atoms with Crippen LogP contribution in [0, 0.1) is 5.82 Å². The van der Waals surface area contributed by atoms with Gasteiger partial charge in [-0.2, -0.15) is 0 Å². The second kappa shape index (κ2) is 7.57. The first kappa shape index (κ1) is 18.4. The van der Waals surface area contributed by atoms with Gasteiger partial charge < -0.3 is 20.9 Å². The molecule has 8 heteroatoms. The Balaban J connectivity index is 3.07. The zero-order chi connectivity index (χ0) is 17.6. The van der Waals surface area contributed by atoms with Crippen LogP contribution in [0.15, 0.2) is 18.2 Å². The lowest BCUT2D eigenvalue weighted by Gasteiger charge is -2.30. The van der Waals surface area contributed by atoms with Gasteiger partial charge in [0.15, 0.2) is 0 Å². The summed E-state index contributed by atoms with van der Waals surface area (Å²) < 4.78 is 18.7. The highest BCUT2D eigenvalue weighted by molar-refractivity contribution is 5.94. The molecule has 7 nitrogen and oxygen atoms in total. The van der Waals surface area contributed by atoms with E-state index in [0.29, 0.717) is 0 Å². The molecule has 0 spiro atoms. The summed E-state index contributed by atoms with van der Waals surface area (Å²) in [7, 11) is 0. The number of nitrogens with two attached hydrogens (primary N) is 1. The average molecular weight is 326 g/mol. The lowest BCUT2D eigenvalue weighted by molar-refractivity contribution is -0.146. The van der Waals surface area contributed by atoms with Crippen molar-refractivity contribution in [3.05, 3.63) is 29.6 Å². The van der Waals surface area contributed by atoms with E-state index < -0.39 is 42.0 Å². The molecule has 1 amide bonds. The van der Waals surface area contributed by atoms with Gasteiger partial charge >= 0.3 is 11.9 Å². The molecule has 0 saturated carbocycles. The maximum Gasteiger partial charge on any atom is 0.315 e. The predicted molar refractivity (Wildman–Crippen MR) is 79.8 cm³/mol. The Morgan fingerprint density at radius 1 is 1.39 bits per heavy atom. The molecule has 1 rings (SSSR count). The molecular formula is C15H19FN2O5. The van der Waals surface area contributed by atoms with Crippen molar-refractivity contribution in [2.45, 2.75) is 32.2 Å². The Bertz CT molecular complexity index is 620. The van der Waals surface area contributed by atoms with E-state index in [4.69, 9.17) is 10.8 Å². The maximum atomic E-state index is 14.1. The lowest BCUT2D eigenvalue weighted by atomic mass is 9.87. The lowest BCUT2D eigenvalue weighted by Crippen LogP contribution is -2.46. The number of nitrogen functional groups attached to an aromatic ring is 1. The minimum atomic E-state index is -1.56. The van der Waals surface area contributed by atoms with Crippen molar-refractivity contribution < 1.29 is 28.6 Å². The van der Waals surface area contributed by atoms with E-state index >= 15 is 0 Å². The number of ether oxygens (including phenoxy) is 1. The highest BCUT2D eigenvalue weighted by atomic mass is 19.1. The molecule has 1 unspecified atom stereocenters. The summed E-state index contributed by atoms with van der Waals surface area (Å²) in [6.45, 7) is 3.05. The molecule has 23 heavy (non-hydrogen) atoms. The van der Waals surface area contributed by atoms with E-state index in [1.54, 1.807) is 6.92 Å². The molecule has 4 N–H and O–H groups in total. The average Bonchev–Trinajstić information content (AvgIpc) is 2.40. The largest absolute Gasteiger partial charge is 0.481 e. The van der Waals surface area contributed by atoms with Gasteiger partial charge in [0.1, 0.15) is 12.2 Å². The fraction of sp³-hybridized carbons (Fsp3) is 0.400. The molecule has 1 aromatic carbocycles. The normalized spacial score (nSPS) is 13.0. The number of nitrogens with one attached hydrogen (secondary N) is 1. The monoisotopic (exact) mass is 326 g/mol. The number of benzene rings is 1. The van der Waals surface area contributed by atoms with Gasteiger partial charge in [0.05, 0.1) is 18.6 Å². The van der Waals surface area contributed by atoms with Crippen LogP contribution in [0.1, 0.15) is 32.3 Å². The summed E-state index contributed by atoms with van der Waals surface area (Å²) in [6.07, 6.45) is -1.17. The van der Waals surface area contributed by atoms with Crippen molar-refractivity contribution >= 4 is 23.5 Å². The molecule has 0 fully saturated rings. The molecule has 0 aliphatic rings. The highest BCUT2D eigenvalue weighted by Gasteiger charge is 2.34. The van der Waals surface area contributed by atoms with Crippen molar-refractivity contribution in [2.24, 2.45) is 0 Å². The predicted octanol–water partition coefficient (Wildman–Crippen LogP) is 1.17. The number of anilines is 1. The summed E-state index contributed by atoms with van der Waals surface area (Å²) in [5, 5.41) is 11.4. The van der Waals surface area contributed by atoms with Crippen LogP contribution in [0.2, 0.25) is 0 Å². The van der Waals surface area contributed by atoms with Crippen molar-refractivity contribution in [3.63, 3.8) is 0 Å². The molecule has 0 aliphatic carbocycles. The third-order valence-corrected chi connectivity index (χ3v) is 3.12. The van der Waals surface area contributed by atoms with Crippen molar-refractivity contribution in [3.8, 4) is 0 Å². The van der Waals surface area contributed by atoms with Crippen LogP contribution in [0.4, 0.5) is 10.1 Å². The van der Waals surface area contributed by atoms with E-state index in [0.717, 1.165) is 6.07 Å². The quantitative estimate of drug-likeness (QED) is 0.393. The number of halogens is 1. The second-order valence-electron chi connectivity index (χ2n) is 5.17. The molecule has 0 aromatic heterocycles. The zero-order valence-electron chi connectivity index (χ0n) is 12.9. The van der Waals surface area contributed by atoms with Crippen LogP contribution in [0.5, 0.6) is 0 Å².